The standard InChI is InChI=1S/C11H14N4S/c1-7-5-11(15(2)14-7)16-8-3-4-9(12)10(13)6-8/h3-6H,12-13H2,1-2H3. The molecule has 0 fully saturated rings. The summed E-state index contributed by atoms with van der Waals surface area (Å²) in [7, 11) is 1.93. The van der Waals surface area contributed by atoms with Crippen molar-refractivity contribution in [2.75, 3.05) is 11.5 Å². The average molecular weight is 234 g/mol. The van der Waals surface area contributed by atoms with Crippen LogP contribution in [0.3, 0.4) is 0 Å². The van der Waals surface area contributed by atoms with Gasteiger partial charge in [-0.2, -0.15) is 5.10 Å². The molecule has 4 nitrogen and oxygen atoms in total. The first kappa shape index (κ1) is 10.9. The zero-order valence-electron chi connectivity index (χ0n) is 9.27. The highest BCUT2D eigenvalue weighted by Gasteiger charge is 2.05. The van der Waals surface area contributed by atoms with Gasteiger partial charge in [0, 0.05) is 11.9 Å². The number of hydrogen-bond donors (Lipinski definition) is 2. The van der Waals surface area contributed by atoms with E-state index in [0.717, 1.165) is 15.6 Å². The molecule has 0 amide bonds. The Labute approximate surface area is 98.6 Å². The van der Waals surface area contributed by atoms with Gasteiger partial charge in [0.2, 0.25) is 0 Å². The molecule has 16 heavy (non-hydrogen) atoms. The fourth-order valence-electron chi connectivity index (χ4n) is 1.42. The van der Waals surface area contributed by atoms with Gasteiger partial charge >= 0.3 is 0 Å². The second kappa shape index (κ2) is 4.09. The third-order valence-electron chi connectivity index (χ3n) is 2.24. The molecule has 0 aliphatic carbocycles. The normalized spacial score (nSPS) is 10.6. The monoisotopic (exact) mass is 234 g/mol. The molecule has 1 aromatic heterocycles. The van der Waals surface area contributed by atoms with Gasteiger partial charge in [-0.05, 0) is 31.2 Å². The Morgan fingerprint density at radius 1 is 1.19 bits per heavy atom. The first-order chi connectivity index (χ1) is 7.56. The third-order valence-corrected chi connectivity index (χ3v) is 3.32. The Morgan fingerprint density at radius 2 is 1.94 bits per heavy atom. The maximum Gasteiger partial charge on any atom is 0.0986 e. The van der Waals surface area contributed by atoms with Crippen molar-refractivity contribution < 1.29 is 0 Å². The van der Waals surface area contributed by atoms with Crippen LogP contribution >= 0.6 is 11.8 Å². The zero-order valence-corrected chi connectivity index (χ0v) is 10.1. The van der Waals surface area contributed by atoms with Crippen LogP contribution in [0.4, 0.5) is 11.4 Å². The molecule has 2 rings (SSSR count). The maximum atomic E-state index is 5.76. The molecule has 2 aromatic rings. The van der Waals surface area contributed by atoms with Gasteiger partial charge in [-0.25, -0.2) is 0 Å². The Bertz CT molecular complexity index is 519. The Morgan fingerprint density at radius 3 is 2.50 bits per heavy atom. The molecule has 84 valence electrons. The van der Waals surface area contributed by atoms with E-state index in [1.54, 1.807) is 11.8 Å². The van der Waals surface area contributed by atoms with E-state index in [4.69, 9.17) is 11.5 Å². The van der Waals surface area contributed by atoms with E-state index in [9.17, 15) is 0 Å². The van der Waals surface area contributed by atoms with Gasteiger partial charge in [0.1, 0.15) is 0 Å². The van der Waals surface area contributed by atoms with Crippen molar-refractivity contribution in [2.24, 2.45) is 7.05 Å². The van der Waals surface area contributed by atoms with Gasteiger partial charge in [-0.15, -0.1) is 0 Å². The van der Waals surface area contributed by atoms with Gasteiger partial charge in [-0.3, -0.25) is 4.68 Å². The summed E-state index contributed by atoms with van der Waals surface area (Å²) in [5, 5.41) is 5.37. The molecule has 0 unspecified atom stereocenters. The Hall–Kier alpha value is -1.62. The quantitative estimate of drug-likeness (QED) is 0.780. The fourth-order valence-corrected chi connectivity index (χ4v) is 2.39. The minimum atomic E-state index is 0.615. The second-order valence-corrected chi connectivity index (χ2v) is 4.73. The van der Waals surface area contributed by atoms with Crippen LogP contribution in [0.5, 0.6) is 0 Å². The third kappa shape index (κ3) is 2.14. The highest BCUT2D eigenvalue weighted by atomic mass is 32.2. The van der Waals surface area contributed by atoms with Crippen molar-refractivity contribution in [2.45, 2.75) is 16.8 Å². The molecule has 0 aliphatic heterocycles. The van der Waals surface area contributed by atoms with Crippen LogP contribution in [0.25, 0.3) is 0 Å². The minimum Gasteiger partial charge on any atom is -0.397 e. The second-order valence-electron chi connectivity index (χ2n) is 3.64. The summed E-state index contributed by atoms with van der Waals surface area (Å²) in [6.07, 6.45) is 0. The summed E-state index contributed by atoms with van der Waals surface area (Å²) in [4.78, 5) is 1.06. The highest BCUT2D eigenvalue weighted by Crippen LogP contribution is 2.30. The lowest BCUT2D eigenvalue weighted by Crippen LogP contribution is -1.95. The predicted octanol–water partition coefficient (Wildman–Crippen LogP) is 2.04. The number of nitrogens with zero attached hydrogens (tertiary/aromatic N) is 2. The number of nitrogens with two attached hydrogens (primary N) is 2. The van der Waals surface area contributed by atoms with Gasteiger partial charge in [-0.1, -0.05) is 11.8 Å². The molecule has 4 N–H and O–H groups in total. The summed E-state index contributed by atoms with van der Waals surface area (Å²) >= 11 is 1.62. The summed E-state index contributed by atoms with van der Waals surface area (Å²) < 4.78 is 1.85. The van der Waals surface area contributed by atoms with Gasteiger partial charge in [0.15, 0.2) is 0 Å². The highest BCUT2D eigenvalue weighted by molar-refractivity contribution is 7.99. The molecule has 1 aromatic carbocycles. The summed E-state index contributed by atoms with van der Waals surface area (Å²) in [5.41, 5.74) is 13.7. The van der Waals surface area contributed by atoms with Crippen molar-refractivity contribution in [3.63, 3.8) is 0 Å². The lowest BCUT2D eigenvalue weighted by Gasteiger charge is -2.04. The molecule has 0 saturated carbocycles. The minimum absolute atomic E-state index is 0.615. The number of hydrogen-bond acceptors (Lipinski definition) is 4. The zero-order chi connectivity index (χ0) is 11.7. The van der Waals surface area contributed by atoms with Gasteiger partial charge < -0.3 is 11.5 Å². The van der Waals surface area contributed by atoms with Crippen LogP contribution < -0.4 is 11.5 Å². The maximum absolute atomic E-state index is 5.76. The van der Waals surface area contributed by atoms with E-state index in [0.29, 0.717) is 11.4 Å². The van der Waals surface area contributed by atoms with Crippen LogP contribution in [-0.2, 0) is 7.05 Å². The van der Waals surface area contributed by atoms with E-state index < -0.39 is 0 Å². The first-order valence-corrected chi connectivity index (χ1v) is 5.71. The van der Waals surface area contributed by atoms with E-state index in [1.165, 1.54) is 0 Å². The molecule has 0 bridgehead atoms. The molecule has 5 heteroatoms. The predicted molar refractivity (Wildman–Crippen MR) is 67.3 cm³/mol. The van der Waals surface area contributed by atoms with Crippen LogP contribution in [0.2, 0.25) is 0 Å². The number of rotatable bonds is 2. The van der Waals surface area contributed by atoms with Crippen molar-refractivity contribution in [3.05, 3.63) is 30.0 Å². The van der Waals surface area contributed by atoms with Crippen LogP contribution in [-0.4, -0.2) is 9.78 Å². The van der Waals surface area contributed by atoms with Crippen LogP contribution in [0.15, 0.2) is 34.2 Å². The largest absolute Gasteiger partial charge is 0.397 e. The number of anilines is 2. The Balaban J connectivity index is 2.27. The molecule has 0 atom stereocenters. The fraction of sp³-hybridized carbons (Fsp3) is 0.182. The molecule has 0 spiro atoms. The molecular formula is C11H14N4S. The summed E-state index contributed by atoms with van der Waals surface area (Å²) in [6, 6.07) is 7.69. The lowest BCUT2D eigenvalue weighted by atomic mass is 10.3. The van der Waals surface area contributed by atoms with E-state index in [1.807, 2.05) is 42.9 Å². The molecule has 0 saturated heterocycles. The Kier molecular flexibility index (Phi) is 2.78. The topological polar surface area (TPSA) is 69.9 Å². The molecule has 0 radical (unpaired) electrons. The SMILES string of the molecule is Cc1cc(Sc2ccc(N)c(N)c2)n(C)n1. The van der Waals surface area contributed by atoms with E-state index in [2.05, 4.69) is 5.10 Å². The van der Waals surface area contributed by atoms with Crippen molar-refractivity contribution in [3.8, 4) is 0 Å². The first-order valence-electron chi connectivity index (χ1n) is 4.90. The number of aryl methyl sites for hydroxylation is 2. The number of benzene rings is 1. The van der Waals surface area contributed by atoms with E-state index >= 15 is 0 Å². The molecule has 1 heterocycles. The van der Waals surface area contributed by atoms with Gasteiger partial charge in [0.25, 0.3) is 0 Å². The molecular weight excluding hydrogens is 220 g/mol. The average Bonchev–Trinajstić information content (AvgIpc) is 2.51. The molecule has 0 aliphatic rings. The summed E-state index contributed by atoms with van der Waals surface area (Å²) in [5.74, 6) is 0. The van der Waals surface area contributed by atoms with Crippen molar-refractivity contribution >= 4 is 23.1 Å². The van der Waals surface area contributed by atoms with Crippen molar-refractivity contribution in [1.82, 2.24) is 9.78 Å². The van der Waals surface area contributed by atoms with Crippen LogP contribution in [0.1, 0.15) is 5.69 Å². The number of aromatic nitrogens is 2. The van der Waals surface area contributed by atoms with E-state index in [-0.39, 0.29) is 0 Å². The number of nitrogen functional groups attached to an aromatic ring is 2. The smallest absolute Gasteiger partial charge is 0.0986 e. The van der Waals surface area contributed by atoms with Crippen LogP contribution in [0, 0.1) is 6.92 Å². The van der Waals surface area contributed by atoms with Crippen molar-refractivity contribution in [1.29, 1.82) is 0 Å². The lowest BCUT2D eigenvalue weighted by molar-refractivity contribution is 0.692. The van der Waals surface area contributed by atoms with Gasteiger partial charge in [0.05, 0.1) is 22.1 Å². The summed E-state index contributed by atoms with van der Waals surface area (Å²) in [6.45, 7) is 1.97.